The van der Waals surface area contributed by atoms with Gasteiger partial charge >= 0.3 is 6.18 Å². The molecular weight excluding hydrogens is 469 g/mol. The number of benzene rings is 1. The number of alkyl halides is 3. The lowest BCUT2D eigenvalue weighted by Gasteiger charge is -2.34. The van der Waals surface area contributed by atoms with Gasteiger partial charge in [0.2, 0.25) is 11.8 Å². The second kappa shape index (κ2) is 10.2. The van der Waals surface area contributed by atoms with Crippen LogP contribution >= 0.6 is 11.6 Å². The summed E-state index contributed by atoms with van der Waals surface area (Å²) in [5.41, 5.74) is 2.89. The second-order valence-electron chi connectivity index (χ2n) is 8.80. The largest absolute Gasteiger partial charge is 0.417 e. The van der Waals surface area contributed by atoms with Gasteiger partial charge in [0, 0.05) is 37.9 Å². The smallest absolute Gasteiger partial charge is 0.355 e. The van der Waals surface area contributed by atoms with Crippen LogP contribution in [-0.4, -0.2) is 48.4 Å². The Kier molecular flexibility index (Phi) is 7.75. The molecule has 0 radical (unpaired) electrons. The van der Waals surface area contributed by atoms with E-state index < -0.39 is 11.7 Å². The normalized spacial score (nSPS) is 14.8. The first-order chi connectivity index (χ1) is 15.9. The molecule has 1 aromatic carbocycles. The number of hydrogen-bond acceptors (Lipinski definition) is 4. The maximum absolute atomic E-state index is 12.9. The molecule has 184 valence electrons. The third kappa shape index (κ3) is 6.00. The lowest BCUT2D eigenvalue weighted by Crippen LogP contribution is -2.43. The van der Waals surface area contributed by atoms with Crippen molar-refractivity contribution in [3.8, 4) is 0 Å². The molecule has 1 aromatic heterocycles. The number of likely N-dealkylation sites (N-methyl/N-ethyl adjacent to an activating group) is 1. The summed E-state index contributed by atoms with van der Waals surface area (Å²) in [5, 5.41) is 2.83. The molecule has 0 atom stereocenters. The zero-order valence-corrected chi connectivity index (χ0v) is 20.3. The number of nitrogens with one attached hydrogen (secondary N) is 1. The highest BCUT2D eigenvalue weighted by Gasteiger charge is 2.33. The summed E-state index contributed by atoms with van der Waals surface area (Å²) in [6.07, 6.45) is -2.77. The minimum absolute atomic E-state index is 0.0713. The monoisotopic (exact) mass is 496 g/mol. The molecule has 0 bridgehead atoms. The van der Waals surface area contributed by atoms with E-state index >= 15 is 0 Å². The van der Waals surface area contributed by atoms with Crippen LogP contribution in [0.3, 0.4) is 0 Å². The van der Waals surface area contributed by atoms with Crippen LogP contribution in [0.2, 0.25) is 5.02 Å². The minimum Gasteiger partial charge on any atom is -0.355 e. The highest BCUT2D eigenvalue weighted by Crippen LogP contribution is 2.34. The van der Waals surface area contributed by atoms with E-state index in [1.54, 1.807) is 11.9 Å². The van der Waals surface area contributed by atoms with E-state index in [-0.39, 0.29) is 35.1 Å². The number of carbonyl (C=O) groups is 2. The van der Waals surface area contributed by atoms with E-state index in [0.29, 0.717) is 25.9 Å². The molecule has 0 saturated carbocycles. The van der Waals surface area contributed by atoms with Gasteiger partial charge in [0.25, 0.3) is 0 Å². The number of piperidine rings is 1. The molecular formula is C24H28ClF3N4O2. The van der Waals surface area contributed by atoms with Crippen LogP contribution in [0.15, 0.2) is 24.4 Å². The fraction of sp³-hybridized carbons (Fsp3) is 0.458. The van der Waals surface area contributed by atoms with Crippen molar-refractivity contribution >= 4 is 34.9 Å². The van der Waals surface area contributed by atoms with Gasteiger partial charge in [-0.05, 0) is 50.8 Å². The Morgan fingerprint density at radius 2 is 1.74 bits per heavy atom. The number of carbonyl (C=O) groups excluding carboxylic acids is 2. The Bertz CT molecular complexity index is 1060. The summed E-state index contributed by atoms with van der Waals surface area (Å²) in [7, 11) is 1.59. The van der Waals surface area contributed by atoms with Gasteiger partial charge in [-0.1, -0.05) is 29.3 Å². The van der Waals surface area contributed by atoms with Crippen molar-refractivity contribution in [2.24, 2.45) is 5.92 Å². The van der Waals surface area contributed by atoms with Crippen molar-refractivity contribution in [1.29, 1.82) is 0 Å². The molecule has 10 heteroatoms. The third-order valence-electron chi connectivity index (χ3n) is 5.99. The number of aromatic nitrogens is 1. The Balaban J connectivity index is 1.55. The Morgan fingerprint density at radius 1 is 1.15 bits per heavy atom. The van der Waals surface area contributed by atoms with E-state index in [1.165, 1.54) is 4.90 Å². The van der Waals surface area contributed by atoms with Gasteiger partial charge in [-0.2, -0.15) is 13.2 Å². The number of aryl methyl sites for hydroxylation is 3. The summed E-state index contributed by atoms with van der Waals surface area (Å²) in [6.45, 7) is 6.63. The van der Waals surface area contributed by atoms with Crippen LogP contribution in [0.4, 0.5) is 24.7 Å². The number of nitrogens with zero attached hydrogens (tertiary/aromatic N) is 3. The number of amides is 2. The molecule has 3 rings (SSSR count). The summed E-state index contributed by atoms with van der Waals surface area (Å²) >= 11 is 6.05. The zero-order chi connectivity index (χ0) is 25.2. The molecule has 0 spiro atoms. The first kappa shape index (κ1) is 25.8. The molecule has 1 aliphatic heterocycles. The van der Waals surface area contributed by atoms with Crippen molar-refractivity contribution in [2.45, 2.75) is 39.8 Å². The fourth-order valence-corrected chi connectivity index (χ4v) is 4.60. The first-order valence-electron chi connectivity index (χ1n) is 11.0. The van der Waals surface area contributed by atoms with Gasteiger partial charge < -0.3 is 15.1 Å². The zero-order valence-electron chi connectivity index (χ0n) is 19.6. The van der Waals surface area contributed by atoms with Gasteiger partial charge in [0.05, 0.1) is 17.1 Å². The number of hydrogen-bond donors (Lipinski definition) is 1. The first-order valence-corrected chi connectivity index (χ1v) is 11.3. The molecule has 1 N–H and O–H groups in total. The van der Waals surface area contributed by atoms with Crippen LogP contribution in [0.1, 0.15) is 35.1 Å². The van der Waals surface area contributed by atoms with Crippen LogP contribution in [0, 0.1) is 26.7 Å². The molecule has 2 amide bonds. The van der Waals surface area contributed by atoms with Gasteiger partial charge in [-0.25, -0.2) is 4.98 Å². The van der Waals surface area contributed by atoms with Crippen molar-refractivity contribution in [3.63, 3.8) is 0 Å². The van der Waals surface area contributed by atoms with Crippen LogP contribution in [0.25, 0.3) is 0 Å². The van der Waals surface area contributed by atoms with Crippen LogP contribution in [0.5, 0.6) is 0 Å². The molecule has 34 heavy (non-hydrogen) atoms. The van der Waals surface area contributed by atoms with E-state index in [0.717, 1.165) is 34.6 Å². The maximum atomic E-state index is 12.9. The summed E-state index contributed by atoms with van der Waals surface area (Å²) in [4.78, 5) is 32.5. The molecule has 6 nitrogen and oxygen atoms in total. The third-order valence-corrected chi connectivity index (χ3v) is 6.27. The fourth-order valence-electron chi connectivity index (χ4n) is 4.32. The number of anilines is 2. The average Bonchev–Trinajstić information content (AvgIpc) is 2.75. The highest BCUT2D eigenvalue weighted by molar-refractivity contribution is 6.33. The predicted molar refractivity (Wildman–Crippen MR) is 126 cm³/mol. The summed E-state index contributed by atoms with van der Waals surface area (Å²) < 4.78 is 38.5. The van der Waals surface area contributed by atoms with E-state index in [2.05, 4.69) is 10.3 Å². The SMILES string of the molecule is Cc1cc(C)c(NC(=O)CN(C)C(=O)C2CCN(c3ncc(C(F)(F)F)cc3Cl)CC2)c(C)c1. The van der Waals surface area contributed by atoms with E-state index in [4.69, 9.17) is 11.6 Å². The molecule has 2 heterocycles. The van der Waals surface area contributed by atoms with Crippen molar-refractivity contribution < 1.29 is 22.8 Å². The van der Waals surface area contributed by atoms with Gasteiger partial charge in [-0.3, -0.25) is 9.59 Å². The molecule has 0 aliphatic carbocycles. The quantitative estimate of drug-likeness (QED) is 0.633. The van der Waals surface area contributed by atoms with Crippen molar-refractivity contribution in [3.05, 3.63) is 51.7 Å². The van der Waals surface area contributed by atoms with Gasteiger partial charge in [-0.15, -0.1) is 0 Å². The number of rotatable bonds is 5. The molecule has 1 fully saturated rings. The maximum Gasteiger partial charge on any atom is 0.417 e. The molecule has 1 saturated heterocycles. The lowest BCUT2D eigenvalue weighted by molar-refractivity contribution is -0.138. The summed E-state index contributed by atoms with van der Waals surface area (Å²) in [5.74, 6) is -0.426. The van der Waals surface area contributed by atoms with Gasteiger partial charge in [0.1, 0.15) is 5.82 Å². The average molecular weight is 497 g/mol. The predicted octanol–water partition coefficient (Wildman–Crippen LogP) is 4.99. The lowest BCUT2D eigenvalue weighted by atomic mass is 9.95. The van der Waals surface area contributed by atoms with Crippen molar-refractivity contribution in [1.82, 2.24) is 9.88 Å². The topological polar surface area (TPSA) is 65.5 Å². The van der Waals surface area contributed by atoms with Gasteiger partial charge in [0.15, 0.2) is 0 Å². The molecule has 1 aliphatic rings. The standard InChI is InChI=1S/C24H28ClF3N4O2/c1-14-9-15(2)21(16(3)10-14)30-20(33)13-31(4)23(34)17-5-7-32(8-6-17)22-19(25)11-18(12-29-22)24(26,27)28/h9-12,17H,5-8,13H2,1-4H3,(H,30,33). The Hall–Kier alpha value is -2.81. The van der Waals surface area contributed by atoms with Crippen LogP contribution < -0.4 is 10.2 Å². The summed E-state index contributed by atoms with van der Waals surface area (Å²) in [6, 6.07) is 4.84. The van der Waals surface area contributed by atoms with Crippen molar-refractivity contribution in [2.75, 3.05) is 36.9 Å². The van der Waals surface area contributed by atoms with E-state index in [9.17, 15) is 22.8 Å². The number of pyridine rings is 1. The minimum atomic E-state index is -4.51. The highest BCUT2D eigenvalue weighted by atomic mass is 35.5. The molecule has 0 unspecified atom stereocenters. The second-order valence-corrected chi connectivity index (χ2v) is 9.21. The molecule has 2 aromatic rings. The van der Waals surface area contributed by atoms with E-state index in [1.807, 2.05) is 32.9 Å². The Labute approximate surface area is 202 Å². The van der Waals surface area contributed by atoms with Crippen LogP contribution in [-0.2, 0) is 15.8 Å². The Morgan fingerprint density at radius 3 is 2.26 bits per heavy atom. The number of halogens is 4.